The molecule has 1 aromatic rings. The van der Waals surface area contributed by atoms with Crippen molar-refractivity contribution in [2.24, 2.45) is 0 Å². The summed E-state index contributed by atoms with van der Waals surface area (Å²) in [7, 11) is -3.34. The van der Waals surface area contributed by atoms with E-state index in [2.05, 4.69) is 20.7 Å². The van der Waals surface area contributed by atoms with Gasteiger partial charge in [0.1, 0.15) is 4.21 Å². The van der Waals surface area contributed by atoms with Crippen LogP contribution in [0.4, 0.5) is 0 Å². The molecule has 1 aromatic heterocycles. The van der Waals surface area contributed by atoms with Crippen molar-refractivity contribution in [1.29, 1.82) is 0 Å². The Labute approximate surface area is 113 Å². The van der Waals surface area contributed by atoms with Crippen LogP contribution >= 0.6 is 38.9 Å². The first-order valence-corrected chi connectivity index (χ1v) is 8.34. The first kappa shape index (κ1) is 14.4. The van der Waals surface area contributed by atoms with Crippen molar-refractivity contribution in [3.05, 3.63) is 15.9 Å². The molecule has 92 valence electrons. The summed E-state index contributed by atoms with van der Waals surface area (Å²) in [4.78, 5) is 0. The van der Waals surface area contributed by atoms with Crippen LogP contribution in [-0.2, 0) is 10.0 Å². The summed E-state index contributed by atoms with van der Waals surface area (Å²) in [6, 6.07) is 3.31. The number of hydrogen-bond donors (Lipinski definition) is 1. The third kappa shape index (κ3) is 4.71. The van der Waals surface area contributed by atoms with Gasteiger partial charge in [0, 0.05) is 11.9 Å². The smallest absolute Gasteiger partial charge is 0.210 e. The number of sulfonamides is 1. The molecular weight excluding hydrogens is 334 g/mol. The normalized spacial score (nSPS) is 13.9. The van der Waals surface area contributed by atoms with E-state index in [-0.39, 0.29) is 5.38 Å². The van der Waals surface area contributed by atoms with Gasteiger partial charge in [-0.1, -0.05) is 0 Å². The Balaban J connectivity index is 2.47. The molecule has 0 amide bonds. The lowest BCUT2D eigenvalue weighted by molar-refractivity contribution is 0.578. The maximum absolute atomic E-state index is 11.7. The Morgan fingerprint density at radius 3 is 2.75 bits per heavy atom. The van der Waals surface area contributed by atoms with Crippen molar-refractivity contribution < 1.29 is 8.42 Å². The van der Waals surface area contributed by atoms with Crippen LogP contribution in [0.5, 0.6) is 0 Å². The Morgan fingerprint density at radius 1 is 1.56 bits per heavy atom. The zero-order valence-corrected chi connectivity index (χ0v) is 12.7. The maximum atomic E-state index is 11.7. The van der Waals surface area contributed by atoms with Crippen molar-refractivity contribution in [1.82, 2.24) is 4.72 Å². The first-order valence-electron chi connectivity index (χ1n) is 4.81. The molecule has 0 aliphatic heterocycles. The van der Waals surface area contributed by atoms with E-state index in [1.807, 2.05) is 6.92 Å². The number of alkyl halides is 1. The van der Waals surface area contributed by atoms with Gasteiger partial charge in [0.15, 0.2) is 0 Å². The summed E-state index contributed by atoms with van der Waals surface area (Å²) in [5, 5.41) is 0.0837. The van der Waals surface area contributed by atoms with E-state index in [9.17, 15) is 8.42 Å². The Hall–Kier alpha value is 0.380. The number of nitrogens with one attached hydrogen (secondary N) is 1. The Kier molecular flexibility index (Phi) is 5.73. The molecule has 1 unspecified atom stereocenters. The molecule has 0 bridgehead atoms. The highest BCUT2D eigenvalue weighted by Gasteiger charge is 2.15. The minimum atomic E-state index is -3.34. The van der Waals surface area contributed by atoms with E-state index >= 15 is 0 Å². The predicted molar refractivity (Wildman–Crippen MR) is 71.8 cm³/mol. The largest absolute Gasteiger partial charge is 0.250 e. The summed E-state index contributed by atoms with van der Waals surface area (Å²) >= 11 is 10.2. The maximum Gasteiger partial charge on any atom is 0.250 e. The molecule has 3 nitrogen and oxygen atoms in total. The minimum Gasteiger partial charge on any atom is -0.210 e. The molecule has 1 atom stereocenters. The van der Waals surface area contributed by atoms with Gasteiger partial charge in [-0.3, -0.25) is 0 Å². The van der Waals surface area contributed by atoms with Gasteiger partial charge in [0.25, 0.3) is 0 Å². The lowest BCUT2D eigenvalue weighted by Crippen LogP contribution is -2.24. The van der Waals surface area contributed by atoms with Gasteiger partial charge in [0.2, 0.25) is 10.0 Å². The molecule has 0 saturated heterocycles. The van der Waals surface area contributed by atoms with E-state index < -0.39 is 10.0 Å². The summed E-state index contributed by atoms with van der Waals surface area (Å²) in [5.74, 6) is 0. The summed E-state index contributed by atoms with van der Waals surface area (Å²) in [6.07, 6.45) is 1.55. The Bertz CT molecular complexity index is 430. The lowest BCUT2D eigenvalue weighted by atomic mass is 10.2. The zero-order valence-electron chi connectivity index (χ0n) is 8.74. The van der Waals surface area contributed by atoms with Crippen molar-refractivity contribution >= 4 is 48.9 Å². The summed E-state index contributed by atoms with van der Waals surface area (Å²) < 4.78 is 27.2. The molecule has 7 heteroatoms. The van der Waals surface area contributed by atoms with Crippen LogP contribution in [0.3, 0.4) is 0 Å². The Morgan fingerprint density at radius 2 is 2.25 bits per heavy atom. The van der Waals surface area contributed by atoms with E-state index in [1.54, 1.807) is 12.1 Å². The van der Waals surface area contributed by atoms with Crippen LogP contribution in [0.2, 0.25) is 0 Å². The average molecular weight is 347 g/mol. The molecule has 1 heterocycles. The van der Waals surface area contributed by atoms with Crippen LogP contribution in [0, 0.1) is 0 Å². The van der Waals surface area contributed by atoms with Crippen LogP contribution in [0.1, 0.15) is 19.8 Å². The van der Waals surface area contributed by atoms with E-state index in [0.717, 1.165) is 16.6 Å². The highest BCUT2D eigenvalue weighted by Crippen LogP contribution is 2.25. The molecular formula is C9H13BrClNO2S2. The van der Waals surface area contributed by atoms with Gasteiger partial charge in [-0.05, 0) is 47.8 Å². The van der Waals surface area contributed by atoms with Crippen LogP contribution < -0.4 is 4.72 Å². The topological polar surface area (TPSA) is 46.2 Å². The number of rotatable bonds is 6. The molecule has 1 rings (SSSR count). The fourth-order valence-corrected chi connectivity index (χ4v) is 4.39. The van der Waals surface area contributed by atoms with E-state index in [4.69, 9.17) is 11.6 Å². The fourth-order valence-electron chi connectivity index (χ4n) is 1.10. The third-order valence-corrected chi connectivity index (χ3v) is 5.68. The van der Waals surface area contributed by atoms with Gasteiger partial charge < -0.3 is 0 Å². The van der Waals surface area contributed by atoms with Gasteiger partial charge >= 0.3 is 0 Å². The molecule has 0 radical (unpaired) electrons. The van der Waals surface area contributed by atoms with Crippen molar-refractivity contribution in [2.75, 3.05) is 6.54 Å². The number of halogens is 2. The number of thiophene rings is 1. The van der Waals surface area contributed by atoms with E-state index in [0.29, 0.717) is 10.8 Å². The molecule has 16 heavy (non-hydrogen) atoms. The first-order chi connectivity index (χ1) is 7.42. The molecule has 0 saturated carbocycles. The second-order valence-corrected chi connectivity index (χ2v) is 8.58. The van der Waals surface area contributed by atoms with Crippen LogP contribution in [-0.4, -0.2) is 20.3 Å². The quantitative estimate of drug-likeness (QED) is 0.635. The van der Waals surface area contributed by atoms with E-state index in [1.165, 1.54) is 11.3 Å². The molecule has 0 aliphatic rings. The third-order valence-electron chi connectivity index (χ3n) is 1.88. The molecule has 0 aromatic carbocycles. The van der Waals surface area contributed by atoms with Gasteiger partial charge in [-0.15, -0.1) is 22.9 Å². The molecule has 1 N–H and O–H groups in total. The number of hydrogen-bond acceptors (Lipinski definition) is 3. The highest BCUT2D eigenvalue weighted by molar-refractivity contribution is 9.11. The molecule has 0 spiro atoms. The average Bonchev–Trinajstić information content (AvgIpc) is 2.60. The zero-order chi connectivity index (χ0) is 12.2. The standard InChI is InChI=1S/C9H13BrClNO2S2/c1-7(11)3-2-6-12-16(13,14)9-5-4-8(10)15-9/h4-5,7,12H,2-3,6H2,1H3. The second-order valence-electron chi connectivity index (χ2n) is 3.38. The van der Waals surface area contributed by atoms with Gasteiger partial charge in [0.05, 0.1) is 3.79 Å². The van der Waals surface area contributed by atoms with Crippen molar-refractivity contribution in [3.8, 4) is 0 Å². The predicted octanol–water partition coefficient (Wildman–Crippen LogP) is 3.20. The monoisotopic (exact) mass is 345 g/mol. The lowest BCUT2D eigenvalue weighted by Gasteiger charge is -2.05. The summed E-state index contributed by atoms with van der Waals surface area (Å²) in [6.45, 7) is 2.32. The van der Waals surface area contributed by atoms with Crippen molar-refractivity contribution in [2.45, 2.75) is 29.4 Å². The highest BCUT2D eigenvalue weighted by atomic mass is 79.9. The second kappa shape index (κ2) is 6.35. The minimum absolute atomic E-state index is 0.0837. The van der Waals surface area contributed by atoms with Crippen LogP contribution in [0.15, 0.2) is 20.1 Å². The summed E-state index contributed by atoms with van der Waals surface area (Å²) in [5.41, 5.74) is 0. The van der Waals surface area contributed by atoms with Crippen LogP contribution in [0.25, 0.3) is 0 Å². The van der Waals surface area contributed by atoms with Gasteiger partial charge in [-0.25, -0.2) is 13.1 Å². The molecule has 0 fully saturated rings. The van der Waals surface area contributed by atoms with Gasteiger partial charge in [-0.2, -0.15) is 0 Å². The van der Waals surface area contributed by atoms with Crippen molar-refractivity contribution in [3.63, 3.8) is 0 Å². The SMILES string of the molecule is CC(Cl)CCCNS(=O)(=O)c1ccc(Br)s1. The molecule has 0 aliphatic carbocycles. The fraction of sp³-hybridized carbons (Fsp3) is 0.556.